The molecule has 1 saturated heterocycles. The zero-order valence-corrected chi connectivity index (χ0v) is 19.2. The van der Waals surface area contributed by atoms with Gasteiger partial charge in [-0.25, -0.2) is 0 Å². The minimum absolute atomic E-state index is 0.0209. The number of benzene rings is 2. The normalized spacial score (nSPS) is 14.8. The number of hydrogen-bond donors (Lipinski definition) is 1. The van der Waals surface area contributed by atoms with Crippen molar-refractivity contribution in [3.8, 4) is 0 Å². The number of thiocarbonyl (C=S) groups is 1. The largest absolute Gasteiger partial charge is 0.326 e. The lowest BCUT2D eigenvalue weighted by Crippen LogP contribution is -2.29. The average molecular weight is 470 g/mol. The van der Waals surface area contributed by atoms with Gasteiger partial charge in [-0.1, -0.05) is 60.2 Å². The van der Waals surface area contributed by atoms with Crippen LogP contribution in [0.2, 0.25) is 0 Å². The van der Waals surface area contributed by atoms with Crippen LogP contribution >= 0.6 is 24.0 Å². The van der Waals surface area contributed by atoms with Gasteiger partial charge in [0.05, 0.1) is 9.83 Å². The number of nitro benzene ring substituents is 1. The fraction of sp³-hybridized carbons (Fsp3) is 0.261. The number of aryl methyl sites for hydroxylation is 1. The second-order valence-electron chi connectivity index (χ2n) is 7.41. The van der Waals surface area contributed by atoms with E-state index in [1.165, 1.54) is 36.0 Å². The minimum atomic E-state index is -0.484. The van der Waals surface area contributed by atoms with Crippen LogP contribution in [0.3, 0.4) is 0 Å². The molecule has 1 aliphatic rings. The van der Waals surface area contributed by atoms with Gasteiger partial charge < -0.3 is 5.32 Å². The Morgan fingerprint density at radius 2 is 1.81 bits per heavy atom. The molecule has 1 heterocycles. The van der Waals surface area contributed by atoms with Crippen LogP contribution in [-0.2, 0) is 9.59 Å². The molecule has 1 fully saturated rings. The second-order valence-corrected chi connectivity index (χ2v) is 9.08. The summed E-state index contributed by atoms with van der Waals surface area (Å²) >= 11 is 6.69. The molecule has 32 heavy (non-hydrogen) atoms. The molecule has 0 unspecified atom stereocenters. The van der Waals surface area contributed by atoms with Crippen molar-refractivity contribution in [2.45, 2.75) is 32.6 Å². The van der Waals surface area contributed by atoms with E-state index in [1.807, 2.05) is 37.3 Å². The standard InChI is InChI=1S/C23H23N3O4S2/c1-16-6-8-17(9-7-16)15-20-22(28)25(23(31)32-20)14-4-2-3-5-21(27)24-18-10-12-19(13-11-18)26(29)30/h6-13,15H,2-5,14H2,1H3,(H,24,27). The molecule has 0 saturated carbocycles. The van der Waals surface area contributed by atoms with E-state index in [0.29, 0.717) is 34.3 Å². The predicted octanol–water partition coefficient (Wildman–Crippen LogP) is 5.30. The van der Waals surface area contributed by atoms with E-state index in [-0.39, 0.29) is 17.5 Å². The molecule has 7 nitrogen and oxygen atoms in total. The SMILES string of the molecule is Cc1ccc(C=C2SC(=S)N(CCCCCC(=O)Nc3ccc([N+](=O)[O-])cc3)C2=O)cc1. The first-order valence-electron chi connectivity index (χ1n) is 10.2. The summed E-state index contributed by atoms with van der Waals surface area (Å²) < 4.78 is 0.560. The van der Waals surface area contributed by atoms with Crippen molar-refractivity contribution in [1.29, 1.82) is 0 Å². The summed E-state index contributed by atoms with van der Waals surface area (Å²) in [5, 5.41) is 13.4. The van der Waals surface area contributed by atoms with E-state index in [9.17, 15) is 19.7 Å². The van der Waals surface area contributed by atoms with E-state index < -0.39 is 4.92 Å². The van der Waals surface area contributed by atoms with E-state index >= 15 is 0 Å². The number of non-ortho nitro benzene ring substituents is 1. The number of anilines is 1. The first-order chi connectivity index (χ1) is 15.3. The Morgan fingerprint density at radius 3 is 2.47 bits per heavy atom. The molecule has 1 N–H and O–H groups in total. The highest BCUT2D eigenvalue weighted by atomic mass is 32.2. The summed E-state index contributed by atoms with van der Waals surface area (Å²) in [4.78, 5) is 37.2. The predicted molar refractivity (Wildman–Crippen MR) is 131 cm³/mol. The maximum absolute atomic E-state index is 12.7. The third kappa shape index (κ3) is 6.48. The number of unbranched alkanes of at least 4 members (excludes halogenated alkanes) is 2. The van der Waals surface area contributed by atoms with Crippen LogP contribution in [0, 0.1) is 17.0 Å². The molecule has 0 aliphatic carbocycles. The van der Waals surface area contributed by atoms with Gasteiger partial charge in [-0.15, -0.1) is 0 Å². The van der Waals surface area contributed by atoms with Gasteiger partial charge in [0.1, 0.15) is 4.32 Å². The Bertz CT molecular complexity index is 1050. The van der Waals surface area contributed by atoms with Crippen LogP contribution in [0.25, 0.3) is 6.08 Å². The van der Waals surface area contributed by atoms with Crippen molar-refractivity contribution >= 4 is 57.6 Å². The summed E-state index contributed by atoms with van der Waals surface area (Å²) in [5.41, 5.74) is 2.64. The number of thioether (sulfide) groups is 1. The van der Waals surface area contributed by atoms with Gasteiger partial charge in [0, 0.05) is 30.8 Å². The third-order valence-corrected chi connectivity index (χ3v) is 6.27. The quantitative estimate of drug-likeness (QED) is 0.176. The summed E-state index contributed by atoms with van der Waals surface area (Å²) in [7, 11) is 0. The zero-order chi connectivity index (χ0) is 23.1. The molecule has 3 rings (SSSR count). The van der Waals surface area contributed by atoms with Gasteiger partial charge in [-0.3, -0.25) is 24.6 Å². The number of nitro groups is 1. The van der Waals surface area contributed by atoms with Gasteiger partial charge in [-0.05, 0) is 43.5 Å². The highest BCUT2D eigenvalue weighted by molar-refractivity contribution is 8.26. The monoisotopic (exact) mass is 469 g/mol. The number of nitrogens with zero attached hydrogens (tertiary/aromatic N) is 2. The van der Waals surface area contributed by atoms with Crippen molar-refractivity contribution in [3.05, 3.63) is 74.7 Å². The Labute approximate surface area is 196 Å². The molecule has 9 heteroatoms. The maximum Gasteiger partial charge on any atom is 0.269 e. The fourth-order valence-electron chi connectivity index (χ4n) is 3.13. The molecule has 0 atom stereocenters. The molecule has 0 spiro atoms. The summed E-state index contributed by atoms with van der Waals surface area (Å²) in [5.74, 6) is -0.220. The molecule has 166 valence electrons. The van der Waals surface area contributed by atoms with Crippen LogP contribution in [0.15, 0.2) is 53.4 Å². The molecule has 0 bridgehead atoms. The van der Waals surface area contributed by atoms with Crippen LogP contribution in [0.4, 0.5) is 11.4 Å². The van der Waals surface area contributed by atoms with Gasteiger partial charge in [-0.2, -0.15) is 0 Å². The zero-order valence-electron chi connectivity index (χ0n) is 17.6. The second kappa shape index (κ2) is 11.0. The fourth-order valence-corrected chi connectivity index (χ4v) is 4.44. The summed E-state index contributed by atoms with van der Waals surface area (Å²) in [6.07, 6.45) is 4.40. The first-order valence-corrected chi connectivity index (χ1v) is 11.4. The molecular weight excluding hydrogens is 446 g/mol. The van der Waals surface area contributed by atoms with Crippen molar-refractivity contribution < 1.29 is 14.5 Å². The minimum Gasteiger partial charge on any atom is -0.326 e. The van der Waals surface area contributed by atoms with Crippen molar-refractivity contribution in [1.82, 2.24) is 4.90 Å². The van der Waals surface area contributed by atoms with Gasteiger partial charge in [0.2, 0.25) is 5.91 Å². The number of rotatable bonds is 9. The van der Waals surface area contributed by atoms with Crippen LogP contribution in [0.1, 0.15) is 36.8 Å². The maximum atomic E-state index is 12.7. The van der Waals surface area contributed by atoms with Crippen LogP contribution < -0.4 is 5.32 Å². The number of amides is 2. The molecule has 0 aromatic heterocycles. The lowest BCUT2D eigenvalue weighted by molar-refractivity contribution is -0.384. The van der Waals surface area contributed by atoms with E-state index in [4.69, 9.17) is 12.2 Å². The van der Waals surface area contributed by atoms with Crippen LogP contribution in [-0.4, -0.2) is 32.5 Å². The summed E-state index contributed by atoms with van der Waals surface area (Å²) in [6, 6.07) is 13.7. The Hall–Kier alpha value is -3.04. The molecular formula is C23H23N3O4S2. The van der Waals surface area contributed by atoms with E-state index in [0.717, 1.165) is 24.0 Å². The van der Waals surface area contributed by atoms with Crippen molar-refractivity contribution in [2.75, 3.05) is 11.9 Å². The van der Waals surface area contributed by atoms with E-state index in [2.05, 4.69) is 5.32 Å². The van der Waals surface area contributed by atoms with Crippen molar-refractivity contribution in [3.63, 3.8) is 0 Å². The molecule has 0 radical (unpaired) electrons. The number of carbonyl (C=O) groups is 2. The van der Waals surface area contributed by atoms with Crippen LogP contribution in [0.5, 0.6) is 0 Å². The smallest absolute Gasteiger partial charge is 0.269 e. The van der Waals surface area contributed by atoms with Crippen molar-refractivity contribution in [2.24, 2.45) is 0 Å². The highest BCUT2D eigenvalue weighted by Gasteiger charge is 2.31. The highest BCUT2D eigenvalue weighted by Crippen LogP contribution is 2.32. The Morgan fingerprint density at radius 1 is 1.12 bits per heavy atom. The molecule has 2 aromatic carbocycles. The Kier molecular flexibility index (Phi) is 8.13. The third-order valence-electron chi connectivity index (χ3n) is 4.90. The average Bonchev–Trinajstić information content (AvgIpc) is 3.02. The van der Waals surface area contributed by atoms with Gasteiger partial charge in [0.15, 0.2) is 0 Å². The number of hydrogen-bond acceptors (Lipinski definition) is 6. The van der Waals surface area contributed by atoms with Gasteiger partial charge >= 0.3 is 0 Å². The van der Waals surface area contributed by atoms with Gasteiger partial charge in [0.25, 0.3) is 11.6 Å². The topological polar surface area (TPSA) is 92.6 Å². The first kappa shape index (κ1) is 23.6. The summed E-state index contributed by atoms with van der Waals surface area (Å²) in [6.45, 7) is 2.54. The number of nitrogens with one attached hydrogen (secondary N) is 1. The Balaban J connectivity index is 1.40. The number of carbonyl (C=O) groups excluding carboxylic acids is 2. The lowest BCUT2D eigenvalue weighted by atomic mass is 10.1. The molecule has 2 amide bonds. The van der Waals surface area contributed by atoms with E-state index in [1.54, 1.807) is 4.90 Å². The lowest BCUT2D eigenvalue weighted by Gasteiger charge is -2.14. The molecule has 1 aliphatic heterocycles. The molecule has 2 aromatic rings.